The summed E-state index contributed by atoms with van der Waals surface area (Å²) in [5.74, 6) is 0.490. The van der Waals surface area contributed by atoms with Crippen LogP contribution in [0.3, 0.4) is 0 Å². The summed E-state index contributed by atoms with van der Waals surface area (Å²) in [5, 5.41) is 0. The second-order valence-corrected chi connectivity index (χ2v) is 6.86. The zero-order valence-corrected chi connectivity index (χ0v) is 15.9. The molecule has 1 aromatic carbocycles. The molecule has 0 radical (unpaired) electrons. The summed E-state index contributed by atoms with van der Waals surface area (Å²) in [7, 11) is 1.78. The van der Waals surface area contributed by atoms with Gasteiger partial charge in [0.25, 0.3) is 0 Å². The van der Waals surface area contributed by atoms with Crippen molar-refractivity contribution in [3.05, 3.63) is 22.3 Å². The van der Waals surface area contributed by atoms with E-state index in [1.54, 1.807) is 18.9 Å². The molecule has 0 atom stereocenters. The average molecular weight is 575 g/mol. The molecule has 0 bridgehead atoms. The van der Waals surface area contributed by atoms with Crippen LogP contribution in [0.25, 0.3) is 0 Å². The van der Waals surface area contributed by atoms with E-state index in [-0.39, 0.29) is 5.91 Å². The molecular formula is C10H9ClI3NO. The predicted molar refractivity (Wildman–Crippen MR) is 93.2 cm³/mol. The molecule has 0 N–H and O–H groups in total. The maximum Gasteiger partial charge on any atom is 0.223 e. The lowest BCUT2D eigenvalue weighted by Gasteiger charge is -2.21. The number of carbonyl (C=O) groups is 1. The van der Waals surface area contributed by atoms with E-state index in [4.69, 9.17) is 11.6 Å². The van der Waals surface area contributed by atoms with Crippen LogP contribution in [0.2, 0.25) is 0 Å². The highest BCUT2D eigenvalue weighted by molar-refractivity contribution is 14.1. The SMILES string of the molecule is CC(=O)N(C)c1c(I)cc(I)c(CCl)c1I. The Kier molecular flexibility index (Phi) is 6.06. The zero-order valence-electron chi connectivity index (χ0n) is 8.65. The lowest BCUT2D eigenvalue weighted by molar-refractivity contribution is -0.116. The van der Waals surface area contributed by atoms with Crippen LogP contribution in [-0.4, -0.2) is 13.0 Å². The molecule has 16 heavy (non-hydrogen) atoms. The molecule has 88 valence electrons. The molecule has 0 aliphatic carbocycles. The molecule has 0 aliphatic heterocycles. The van der Waals surface area contributed by atoms with Crippen LogP contribution in [0, 0.1) is 10.7 Å². The average Bonchev–Trinajstić information content (AvgIpc) is 2.17. The highest BCUT2D eigenvalue weighted by Crippen LogP contribution is 2.34. The van der Waals surface area contributed by atoms with E-state index in [2.05, 4.69) is 73.8 Å². The van der Waals surface area contributed by atoms with E-state index >= 15 is 0 Å². The summed E-state index contributed by atoms with van der Waals surface area (Å²) in [5.41, 5.74) is 2.04. The number of halogens is 4. The molecule has 0 aromatic heterocycles. The summed E-state index contributed by atoms with van der Waals surface area (Å²) < 4.78 is 3.27. The minimum absolute atomic E-state index is 0.0255. The highest BCUT2D eigenvalue weighted by Gasteiger charge is 2.18. The minimum atomic E-state index is 0.0255. The quantitative estimate of drug-likeness (QED) is 0.382. The van der Waals surface area contributed by atoms with Crippen molar-refractivity contribution >= 4 is 91.0 Å². The van der Waals surface area contributed by atoms with Gasteiger partial charge in [-0.3, -0.25) is 4.79 Å². The van der Waals surface area contributed by atoms with Gasteiger partial charge >= 0.3 is 0 Å². The number of anilines is 1. The predicted octanol–water partition coefficient (Wildman–Crippen LogP) is 4.22. The van der Waals surface area contributed by atoms with Gasteiger partial charge in [0.15, 0.2) is 0 Å². The highest BCUT2D eigenvalue weighted by atomic mass is 127. The number of hydrogen-bond acceptors (Lipinski definition) is 1. The third-order valence-electron chi connectivity index (χ3n) is 2.18. The van der Waals surface area contributed by atoms with Crippen LogP contribution in [0.15, 0.2) is 6.07 Å². The van der Waals surface area contributed by atoms with Crippen LogP contribution >= 0.6 is 79.4 Å². The van der Waals surface area contributed by atoms with Crippen LogP contribution in [0.4, 0.5) is 5.69 Å². The van der Waals surface area contributed by atoms with Crippen molar-refractivity contribution in [3.63, 3.8) is 0 Å². The Labute approximate surface area is 141 Å². The standard InChI is InChI=1S/C10H9ClI3NO/c1-5(16)15(2)10-8(13)3-7(12)6(4-11)9(10)14/h3H,4H2,1-2H3. The summed E-state index contributed by atoms with van der Waals surface area (Å²) in [6, 6.07) is 2.05. The minimum Gasteiger partial charge on any atom is -0.314 e. The molecule has 1 aromatic rings. The van der Waals surface area contributed by atoms with Gasteiger partial charge in [-0.25, -0.2) is 0 Å². The van der Waals surface area contributed by atoms with E-state index in [9.17, 15) is 4.79 Å². The van der Waals surface area contributed by atoms with Crippen molar-refractivity contribution in [2.75, 3.05) is 11.9 Å². The monoisotopic (exact) mass is 575 g/mol. The lowest BCUT2D eigenvalue weighted by atomic mass is 10.2. The molecule has 0 heterocycles. The molecule has 0 fully saturated rings. The van der Waals surface area contributed by atoms with E-state index in [0.29, 0.717) is 5.88 Å². The van der Waals surface area contributed by atoms with E-state index in [1.807, 2.05) is 0 Å². The molecule has 0 saturated carbocycles. The van der Waals surface area contributed by atoms with Crippen molar-refractivity contribution in [2.24, 2.45) is 0 Å². The van der Waals surface area contributed by atoms with Crippen LogP contribution in [0.5, 0.6) is 0 Å². The second kappa shape index (κ2) is 6.37. The molecule has 1 rings (SSSR count). The van der Waals surface area contributed by atoms with Crippen molar-refractivity contribution in [1.29, 1.82) is 0 Å². The Hall–Kier alpha value is 1.17. The summed E-state index contributed by atoms with van der Waals surface area (Å²) in [4.78, 5) is 13.1. The van der Waals surface area contributed by atoms with Crippen molar-refractivity contribution in [3.8, 4) is 0 Å². The first-order valence-electron chi connectivity index (χ1n) is 4.36. The molecule has 6 heteroatoms. The van der Waals surface area contributed by atoms with Gasteiger partial charge in [0.05, 0.1) is 5.69 Å². The lowest BCUT2D eigenvalue weighted by Crippen LogP contribution is -2.25. The molecule has 0 saturated heterocycles. The smallest absolute Gasteiger partial charge is 0.223 e. The van der Waals surface area contributed by atoms with E-state index in [0.717, 1.165) is 22.0 Å². The summed E-state index contributed by atoms with van der Waals surface area (Å²) in [6.45, 7) is 1.56. The summed E-state index contributed by atoms with van der Waals surface area (Å²) in [6.07, 6.45) is 0. The molecule has 0 aliphatic rings. The Balaban J connectivity index is 3.45. The number of carbonyl (C=O) groups excluding carboxylic acids is 1. The molecule has 2 nitrogen and oxygen atoms in total. The Bertz CT molecular complexity index is 437. The van der Waals surface area contributed by atoms with Gasteiger partial charge in [0, 0.05) is 30.6 Å². The zero-order chi connectivity index (χ0) is 12.5. The number of alkyl halides is 1. The van der Waals surface area contributed by atoms with Gasteiger partial charge in [0.1, 0.15) is 0 Å². The van der Waals surface area contributed by atoms with Crippen molar-refractivity contribution < 1.29 is 4.79 Å². The van der Waals surface area contributed by atoms with Gasteiger partial charge in [0.2, 0.25) is 5.91 Å². The Morgan fingerprint density at radius 2 is 1.94 bits per heavy atom. The molecule has 1 amide bonds. The van der Waals surface area contributed by atoms with E-state index in [1.165, 1.54) is 0 Å². The van der Waals surface area contributed by atoms with Crippen molar-refractivity contribution in [2.45, 2.75) is 12.8 Å². The van der Waals surface area contributed by atoms with Gasteiger partial charge in [-0.05, 0) is 79.4 Å². The van der Waals surface area contributed by atoms with Gasteiger partial charge in [-0.2, -0.15) is 0 Å². The fraction of sp³-hybridized carbons (Fsp3) is 0.300. The number of rotatable bonds is 2. The third-order valence-corrected chi connectivity index (χ3v) is 5.40. The van der Waals surface area contributed by atoms with Crippen LogP contribution in [0.1, 0.15) is 12.5 Å². The Morgan fingerprint density at radius 1 is 1.38 bits per heavy atom. The number of benzene rings is 1. The van der Waals surface area contributed by atoms with E-state index < -0.39 is 0 Å². The third kappa shape index (κ3) is 3.14. The first-order chi connectivity index (χ1) is 7.40. The second-order valence-electron chi connectivity index (χ2n) is 3.19. The molecule has 0 unspecified atom stereocenters. The number of nitrogens with zero attached hydrogens (tertiary/aromatic N) is 1. The van der Waals surface area contributed by atoms with Crippen molar-refractivity contribution in [1.82, 2.24) is 0 Å². The topological polar surface area (TPSA) is 20.3 Å². The maximum absolute atomic E-state index is 11.4. The number of hydrogen-bond donors (Lipinski definition) is 0. The first-order valence-corrected chi connectivity index (χ1v) is 8.13. The van der Waals surface area contributed by atoms with Gasteiger partial charge < -0.3 is 4.90 Å². The normalized spacial score (nSPS) is 10.4. The molecular weight excluding hydrogens is 566 g/mol. The summed E-state index contributed by atoms with van der Waals surface area (Å²) >= 11 is 12.7. The first kappa shape index (κ1) is 15.2. The largest absolute Gasteiger partial charge is 0.314 e. The fourth-order valence-corrected chi connectivity index (χ4v) is 6.41. The van der Waals surface area contributed by atoms with Crippen LogP contribution < -0.4 is 4.90 Å². The Morgan fingerprint density at radius 3 is 2.38 bits per heavy atom. The van der Waals surface area contributed by atoms with Gasteiger partial charge in [-0.15, -0.1) is 11.6 Å². The number of amides is 1. The molecule has 0 spiro atoms. The fourth-order valence-electron chi connectivity index (χ4n) is 1.21. The van der Waals surface area contributed by atoms with Gasteiger partial charge in [-0.1, -0.05) is 0 Å². The maximum atomic E-state index is 11.4. The van der Waals surface area contributed by atoms with Crippen LogP contribution in [-0.2, 0) is 10.7 Å².